The minimum atomic E-state index is -0.893. The van der Waals surface area contributed by atoms with E-state index in [2.05, 4.69) is 15.6 Å². The topological polar surface area (TPSA) is 99.7 Å². The number of aliphatic carboxylic acids is 1. The maximum Gasteiger partial charge on any atom is 0.303 e. The molecule has 1 aliphatic rings. The number of carboxylic acid groups (broad SMARTS) is 1. The molecule has 0 saturated heterocycles. The maximum atomic E-state index is 14.7. The van der Waals surface area contributed by atoms with Gasteiger partial charge in [-0.1, -0.05) is 17.2 Å². The van der Waals surface area contributed by atoms with Crippen molar-refractivity contribution in [2.75, 3.05) is 5.01 Å². The SMILES string of the molecule is CC(C)Oc1ncc(C2=CN(c3c(F)ccc4c(CCC(=O)O)c[nH]c34)NO2)cc1Cl. The first-order valence-corrected chi connectivity index (χ1v) is 9.97. The van der Waals surface area contributed by atoms with Crippen molar-refractivity contribution in [2.24, 2.45) is 0 Å². The van der Waals surface area contributed by atoms with Gasteiger partial charge in [0.15, 0.2) is 11.6 Å². The molecule has 3 aromatic rings. The summed E-state index contributed by atoms with van der Waals surface area (Å²) in [5.41, 5.74) is 4.77. The summed E-state index contributed by atoms with van der Waals surface area (Å²) in [6, 6.07) is 4.61. The van der Waals surface area contributed by atoms with Gasteiger partial charge in [0.25, 0.3) is 0 Å². The second-order valence-corrected chi connectivity index (χ2v) is 7.67. The molecule has 0 amide bonds. The third-order valence-corrected chi connectivity index (χ3v) is 4.92. The molecule has 3 N–H and O–H groups in total. The number of aromatic amines is 1. The van der Waals surface area contributed by atoms with Crippen LogP contribution in [0.2, 0.25) is 5.02 Å². The molecular formula is C21H20ClFN4O4. The highest BCUT2D eigenvalue weighted by Gasteiger charge is 2.24. The molecule has 8 nitrogen and oxygen atoms in total. The van der Waals surface area contributed by atoms with Crippen molar-refractivity contribution in [3.05, 3.63) is 58.8 Å². The quantitative estimate of drug-likeness (QED) is 0.494. The van der Waals surface area contributed by atoms with E-state index < -0.39 is 11.8 Å². The van der Waals surface area contributed by atoms with Crippen LogP contribution >= 0.6 is 11.6 Å². The monoisotopic (exact) mass is 446 g/mol. The van der Waals surface area contributed by atoms with Crippen molar-refractivity contribution in [3.63, 3.8) is 0 Å². The third kappa shape index (κ3) is 4.28. The van der Waals surface area contributed by atoms with Crippen molar-refractivity contribution in [1.82, 2.24) is 15.6 Å². The molecule has 0 unspecified atom stereocenters. The Morgan fingerprint density at radius 3 is 2.94 bits per heavy atom. The molecule has 162 valence electrons. The second kappa shape index (κ2) is 8.44. The molecule has 1 aromatic carbocycles. The van der Waals surface area contributed by atoms with Gasteiger partial charge in [0, 0.05) is 29.8 Å². The molecule has 31 heavy (non-hydrogen) atoms. The summed E-state index contributed by atoms with van der Waals surface area (Å²) in [6.07, 6.45) is 5.07. The molecule has 1 aliphatic heterocycles. The Balaban J connectivity index is 1.64. The van der Waals surface area contributed by atoms with E-state index in [9.17, 15) is 9.18 Å². The highest BCUT2D eigenvalue weighted by Crippen LogP contribution is 2.35. The first-order valence-electron chi connectivity index (χ1n) is 9.60. The zero-order chi connectivity index (χ0) is 22.1. The summed E-state index contributed by atoms with van der Waals surface area (Å²) in [5, 5.41) is 11.4. The Hall–Kier alpha value is -3.30. The molecular weight excluding hydrogens is 427 g/mol. The number of nitrogens with zero attached hydrogens (tertiary/aromatic N) is 2. The lowest BCUT2D eigenvalue weighted by molar-refractivity contribution is -0.136. The van der Waals surface area contributed by atoms with Gasteiger partial charge in [0.05, 0.1) is 17.8 Å². The summed E-state index contributed by atoms with van der Waals surface area (Å²) >= 11 is 6.25. The number of fused-ring (bicyclic) bond motifs is 1. The number of hydrogen-bond acceptors (Lipinski definition) is 6. The summed E-state index contributed by atoms with van der Waals surface area (Å²) in [6.45, 7) is 3.75. The number of anilines is 1. The van der Waals surface area contributed by atoms with Crippen LogP contribution in [-0.4, -0.2) is 27.1 Å². The number of aryl methyl sites for hydroxylation is 1. The van der Waals surface area contributed by atoms with Crippen LogP contribution in [0.15, 0.2) is 36.8 Å². The van der Waals surface area contributed by atoms with Crippen LogP contribution in [0.25, 0.3) is 16.7 Å². The molecule has 0 aliphatic carbocycles. The molecule has 10 heteroatoms. The van der Waals surface area contributed by atoms with Gasteiger partial charge in [-0.3, -0.25) is 4.79 Å². The van der Waals surface area contributed by atoms with Crippen molar-refractivity contribution in [1.29, 1.82) is 0 Å². The van der Waals surface area contributed by atoms with Gasteiger partial charge in [-0.2, -0.15) is 0 Å². The van der Waals surface area contributed by atoms with Crippen LogP contribution in [0, 0.1) is 5.82 Å². The van der Waals surface area contributed by atoms with Crippen LogP contribution < -0.4 is 15.3 Å². The largest absolute Gasteiger partial charge is 0.481 e. The minimum absolute atomic E-state index is 0.0148. The van der Waals surface area contributed by atoms with E-state index in [0.717, 1.165) is 10.9 Å². The van der Waals surface area contributed by atoms with Gasteiger partial charge >= 0.3 is 5.97 Å². The number of hydrazine groups is 1. The van der Waals surface area contributed by atoms with Crippen molar-refractivity contribution >= 4 is 39.9 Å². The number of aromatic nitrogens is 2. The zero-order valence-electron chi connectivity index (χ0n) is 16.8. The number of halogens is 2. The number of ether oxygens (including phenoxy) is 1. The molecule has 3 heterocycles. The Morgan fingerprint density at radius 1 is 1.42 bits per heavy atom. The van der Waals surface area contributed by atoms with E-state index in [4.69, 9.17) is 26.3 Å². The number of nitrogens with one attached hydrogen (secondary N) is 2. The van der Waals surface area contributed by atoms with E-state index >= 15 is 0 Å². The lowest BCUT2D eigenvalue weighted by Gasteiger charge is -2.15. The summed E-state index contributed by atoms with van der Waals surface area (Å²) in [5.74, 6) is -0.667. The fourth-order valence-electron chi connectivity index (χ4n) is 3.28. The normalized spacial score (nSPS) is 13.6. The molecule has 4 rings (SSSR count). The average molecular weight is 447 g/mol. The first-order chi connectivity index (χ1) is 14.8. The number of carboxylic acids is 1. The lowest BCUT2D eigenvalue weighted by atomic mass is 10.1. The maximum absolute atomic E-state index is 14.7. The molecule has 0 radical (unpaired) electrons. The van der Waals surface area contributed by atoms with E-state index in [1.165, 1.54) is 11.1 Å². The van der Waals surface area contributed by atoms with Gasteiger partial charge < -0.3 is 19.7 Å². The predicted molar refractivity (Wildman–Crippen MR) is 114 cm³/mol. The van der Waals surface area contributed by atoms with Crippen LogP contribution in [-0.2, 0) is 16.1 Å². The van der Waals surface area contributed by atoms with Gasteiger partial charge in [0.1, 0.15) is 10.7 Å². The molecule has 0 fully saturated rings. The van der Waals surface area contributed by atoms with Gasteiger partial charge in [0.2, 0.25) is 5.88 Å². The van der Waals surface area contributed by atoms with E-state index in [-0.39, 0.29) is 18.2 Å². The first kappa shape index (κ1) is 21.0. The van der Waals surface area contributed by atoms with Crippen LogP contribution in [0.5, 0.6) is 5.88 Å². The molecule has 0 saturated carbocycles. The molecule has 0 bridgehead atoms. The molecule has 0 atom stereocenters. The van der Waals surface area contributed by atoms with Crippen LogP contribution in [0.3, 0.4) is 0 Å². The predicted octanol–water partition coefficient (Wildman–Crippen LogP) is 4.41. The number of pyridine rings is 1. The summed E-state index contributed by atoms with van der Waals surface area (Å²) < 4.78 is 20.3. The number of carbonyl (C=O) groups is 1. The lowest BCUT2D eigenvalue weighted by Crippen LogP contribution is -2.28. The average Bonchev–Trinajstić information content (AvgIpc) is 3.35. The summed E-state index contributed by atoms with van der Waals surface area (Å²) in [4.78, 5) is 23.7. The Labute approximate surface area is 182 Å². The van der Waals surface area contributed by atoms with E-state index in [1.54, 1.807) is 30.7 Å². The molecule has 0 spiro atoms. The van der Waals surface area contributed by atoms with Crippen molar-refractivity contribution in [2.45, 2.75) is 32.8 Å². The van der Waals surface area contributed by atoms with Crippen molar-refractivity contribution < 1.29 is 23.9 Å². The van der Waals surface area contributed by atoms with E-state index in [0.29, 0.717) is 34.2 Å². The highest BCUT2D eigenvalue weighted by atomic mass is 35.5. The van der Waals surface area contributed by atoms with Gasteiger partial charge in [-0.05, 0) is 44.0 Å². The number of rotatable bonds is 7. The van der Waals surface area contributed by atoms with Crippen LogP contribution in [0.1, 0.15) is 31.4 Å². The smallest absolute Gasteiger partial charge is 0.303 e. The Morgan fingerprint density at radius 2 is 2.23 bits per heavy atom. The zero-order valence-corrected chi connectivity index (χ0v) is 17.5. The number of benzene rings is 1. The third-order valence-electron chi connectivity index (χ3n) is 4.65. The number of hydrogen-bond donors (Lipinski definition) is 3. The minimum Gasteiger partial charge on any atom is -0.481 e. The van der Waals surface area contributed by atoms with Gasteiger partial charge in [-0.15, -0.1) is 0 Å². The fourth-order valence-corrected chi connectivity index (χ4v) is 3.49. The Bertz CT molecular complexity index is 1180. The fraction of sp³-hybridized carbons (Fsp3) is 0.238. The van der Waals surface area contributed by atoms with Crippen LogP contribution in [0.4, 0.5) is 10.1 Å². The van der Waals surface area contributed by atoms with Crippen molar-refractivity contribution in [3.8, 4) is 5.88 Å². The Kier molecular flexibility index (Phi) is 5.71. The van der Waals surface area contributed by atoms with Gasteiger partial charge in [-0.25, -0.2) is 14.4 Å². The standard InChI is InChI=1S/C21H20ClFN4O4/c1-11(2)30-21-15(22)7-13(9-25-21)17-10-27(26-31-17)20-16(23)5-4-14-12(3-6-18(28)29)8-24-19(14)20/h4-5,7-11,24,26H,3,6H2,1-2H3,(H,28,29). The molecule has 2 aromatic heterocycles. The highest BCUT2D eigenvalue weighted by molar-refractivity contribution is 6.32. The number of H-pyrrole nitrogens is 1. The second-order valence-electron chi connectivity index (χ2n) is 7.26. The summed E-state index contributed by atoms with van der Waals surface area (Å²) in [7, 11) is 0. The van der Waals surface area contributed by atoms with E-state index in [1.807, 2.05) is 13.8 Å².